The lowest BCUT2D eigenvalue weighted by Crippen LogP contribution is -2.00. The molecular weight excluding hydrogens is 612 g/mol. The molecule has 2 aromatic heterocycles. The number of rotatable bonds is 4. The van der Waals surface area contributed by atoms with E-state index in [-0.39, 0.29) is 0 Å². The monoisotopic (exact) mass is 638 g/mol. The van der Waals surface area contributed by atoms with Crippen molar-refractivity contribution in [3.05, 3.63) is 168 Å². The summed E-state index contributed by atoms with van der Waals surface area (Å²) in [6.45, 7) is 0. The summed E-state index contributed by atoms with van der Waals surface area (Å²) in [4.78, 5) is 0. The summed E-state index contributed by atoms with van der Waals surface area (Å²) in [6.07, 6.45) is 0. The highest BCUT2D eigenvalue weighted by Gasteiger charge is 2.17. The number of nitrogens with zero attached hydrogens (tertiary/aromatic N) is 2. The molecule has 9 aromatic rings. The normalized spacial score (nSPS) is 11.7. The summed E-state index contributed by atoms with van der Waals surface area (Å²) < 4.78 is 5.93. The summed E-state index contributed by atoms with van der Waals surface area (Å²) >= 11 is 3.77. The van der Waals surface area contributed by atoms with Gasteiger partial charge >= 0.3 is 0 Å². The fourth-order valence-electron chi connectivity index (χ4n) is 6.98. The molecule has 0 atom stereocenters. The zero-order valence-corrected chi connectivity index (χ0v) is 25.9. The molecule has 45 heavy (non-hydrogen) atoms. The van der Waals surface area contributed by atoms with Crippen LogP contribution in [0, 0.1) is 0 Å². The number of halogens is 1. The Morgan fingerprint density at radius 1 is 0.333 bits per heavy atom. The Kier molecular flexibility index (Phi) is 6.00. The predicted octanol–water partition coefficient (Wildman–Crippen LogP) is 12.0. The van der Waals surface area contributed by atoms with Crippen molar-refractivity contribution in [3.63, 3.8) is 0 Å². The minimum Gasteiger partial charge on any atom is -0.309 e. The van der Waals surface area contributed by atoms with Gasteiger partial charge in [0.05, 0.1) is 22.1 Å². The number of aromatic nitrogens is 2. The third kappa shape index (κ3) is 4.16. The Bertz CT molecular complexity index is 2330. The van der Waals surface area contributed by atoms with Crippen LogP contribution in [0.15, 0.2) is 168 Å². The van der Waals surface area contributed by atoms with Crippen LogP contribution in [0.3, 0.4) is 0 Å². The zero-order chi connectivity index (χ0) is 29.9. The van der Waals surface area contributed by atoms with Crippen molar-refractivity contribution < 1.29 is 0 Å². The zero-order valence-electron chi connectivity index (χ0n) is 24.4. The van der Waals surface area contributed by atoms with E-state index in [9.17, 15) is 0 Å². The van der Waals surface area contributed by atoms with Crippen molar-refractivity contribution in [3.8, 4) is 33.6 Å². The maximum atomic E-state index is 3.77. The molecule has 212 valence electrons. The molecule has 7 aromatic carbocycles. The van der Waals surface area contributed by atoms with Gasteiger partial charge in [-0.2, -0.15) is 0 Å². The number of benzene rings is 7. The molecule has 9 rings (SSSR count). The number of fused-ring (bicyclic) bond motifs is 6. The second-order valence-electron chi connectivity index (χ2n) is 11.5. The topological polar surface area (TPSA) is 9.86 Å². The van der Waals surface area contributed by atoms with Crippen LogP contribution in [0.4, 0.5) is 0 Å². The predicted molar refractivity (Wildman–Crippen MR) is 194 cm³/mol. The van der Waals surface area contributed by atoms with Gasteiger partial charge in [0.2, 0.25) is 0 Å². The van der Waals surface area contributed by atoms with Gasteiger partial charge in [-0.3, -0.25) is 0 Å². The van der Waals surface area contributed by atoms with E-state index < -0.39 is 0 Å². The van der Waals surface area contributed by atoms with Crippen molar-refractivity contribution in [1.29, 1.82) is 0 Å². The van der Waals surface area contributed by atoms with E-state index in [0.29, 0.717) is 0 Å². The fraction of sp³-hybridized carbons (Fsp3) is 0. The van der Waals surface area contributed by atoms with Gasteiger partial charge in [-0.1, -0.05) is 125 Å². The van der Waals surface area contributed by atoms with Crippen LogP contribution in [0.2, 0.25) is 0 Å². The van der Waals surface area contributed by atoms with Crippen LogP contribution in [-0.2, 0) is 0 Å². The van der Waals surface area contributed by atoms with Crippen molar-refractivity contribution in [2.24, 2.45) is 0 Å². The van der Waals surface area contributed by atoms with Crippen molar-refractivity contribution in [2.75, 3.05) is 0 Å². The molecule has 0 bridgehead atoms. The second kappa shape index (κ2) is 10.4. The number of para-hydroxylation sites is 4. The molecule has 0 unspecified atom stereocenters. The van der Waals surface area contributed by atoms with E-state index in [0.717, 1.165) is 15.8 Å². The average molecular weight is 640 g/mol. The van der Waals surface area contributed by atoms with Gasteiger partial charge in [-0.25, -0.2) is 0 Å². The van der Waals surface area contributed by atoms with Gasteiger partial charge in [-0.15, -0.1) is 0 Å². The van der Waals surface area contributed by atoms with E-state index in [1.54, 1.807) is 0 Å². The molecule has 3 heteroatoms. The molecule has 0 saturated heterocycles. The third-order valence-corrected chi connectivity index (χ3v) is 9.65. The van der Waals surface area contributed by atoms with Gasteiger partial charge in [0.1, 0.15) is 0 Å². The summed E-state index contributed by atoms with van der Waals surface area (Å²) in [7, 11) is 0. The summed E-state index contributed by atoms with van der Waals surface area (Å²) in [5, 5.41) is 5.03. The maximum Gasteiger partial charge on any atom is 0.0541 e. The molecule has 0 fully saturated rings. The largest absolute Gasteiger partial charge is 0.309 e. The highest BCUT2D eigenvalue weighted by Crippen LogP contribution is 2.38. The van der Waals surface area contributed by atoms with E-state index in [4.69, 9.17) is 0 Å². The van der Waals surface area contributed by atoms with Crippen LogP contribution >= 0.6 is 15.9 Å². The molecular formula is C42H27BrN2. The standard InChI is InChI=1S/C42H27BrN2/c43-38-19-6-1-14-33(38)29-13-11-12-28(24-29)30-25-31(44-39-20-7-2-15-34(39)35-16-3-8-21-40(35)44)27-32(26-30)45-41-22-9-4-17-36(41)37-18-5-10-23-42(37)45/h1-27H. The van der Waals surface area contributed by atoms with Gasteiger partial charge in [0.15, 0.2) is 0 Å². The number of hydrogen-bond donors (Lipinski definition) is 0. The molecule has 0 N–H and O–H groups in total. The maximum absolute atomic E-state index is 3.77. The van der Waals surface area contributed by atoms with E-state index in [1.807, 2.05) is 0 Å². The van der Waals surface area contributed by atoms with Crippen molar-refractivity contribution >= 4 is 59.5 Å². The highest BCUT2D eigenvalue weighted by molar-refractivity contribution is 9.10. The molecule has 0 amide bonds. The summed E-state index contributed by atoms with van der Waals surface area (Å²) in [6, 6.07) is 59.2. The smallest absolute Gasteiger partial charge is 0.0541 e. The highest BCUT2D eigenvalue weighted by atomic mass is 79.9. The molecule has 0 aliphatic carbocycles. The fourth-order valence-corrected chi connectivity index (χ4v) is 7.50. The number of hydrogen-bond acceptors (Lipinski definition) is 0. The third-order valence-electron chi connectivity index (χ3n) is 8.96. The SMILES string of the molecule is Brc1ccccc1-c1cccc(-c2cc(-n3c4ccccc4c4ccccc43)cc(-n3c4ccccc4c4ccccc43)c2)c1. The molecule has 2 nitrogen and oxygen atoms in total. The van der Waals surface area contributed by atoms with Crippen LogP contribution in [0.25, 0.3) is 77.2 Å². The minimum absolute atomic E-state index is 1.09. The lowest BCUT2D eigenvalue weighted by atomic mass is 9.98. The molecule has 0 spiro atoms. The molecule has 0 saturated carbocycles. The molecule has 0 radical (unpaired) electrons. The average Bonchev–Trinajstić information content (AvgIpc) is 3.62. The summed E-state index contributed by atoms with van der Waals surface area (Å²) in [5.74, 6) is 0. The van der Waals surface area contributed by atoms with Gasteiger partial charge in [-0.05, 0) is 76.9 Å². The second-order valence-corrected chi connectivity index (χ2v) is 12.4. The molecule has 0 aliphatic rings. The van der Waals surface area contributed by atoms with E-state index in [1.165, 1.54) is 65.9 Å². The molecule has 2 heterocycles. The lowest BCUT2D eigenvalue weighted by molar-refractivity contribution is 1.13. The van der Waals surface area contributed by atoms with Crippen molar-refractivity contribution in [2.45, 2.75) is 0 Å². The van der Waals surface area contributed by atoms with E-state index >= 15 is 0 Å². The van der Waals surface area contributed by atoms with Crippen molar-refractivity contribution in [1.82, 2.24) is 9.13 Å². The Labute approximate surface area is 269 Å². The Morgan fingerprint density at radius 2 is 0.756 bits per heavy atom. The first-order chi connectivity index (χ1) is 22.2. The first-order valence-electron chi connectivity index (χ1n) is 15.2. The van der Waals surface area contributed by atoms with Crippen LogP contribution in [0.1, 0.15) is 0 Å². The quantitative estimate of drug-likeness (QED) is 0.181. The minimum atomic E-state index is 1.09. The van der Waals surface area contributed by atoms with Crippen LogP contribution in [-0.4, -0.2) is 9.13 Å². The first-order valence-corrected chi connectivity index (χ1v) is 16.0. The Hall–Kier alpha value is -5.38. The molecule has 0 aliphatic heterocycles. The summed E-state index contributed by atoms with van der Waals surface area (Å²) in [5.41, 5.74) is 11.8. The van der Waals surface area contributed by atoms with Gasteiger partial charge in [0.25, 0.3) is 0 Å². The van der Waals surface area contributed by atoms with Crippen LogP contribution in [0.5, 0.6) is 0 Å². The van der Waals surface area contributed by atoms with Gasteiger partial charge < -0.3 is 9.13 Å². The van der Waals surface area contributed by atoms with E-state index in [2.05, 4.69) is 189 Å². The first kappa shape index (κ1) is 26.1. The Balaban J connectivity index is 1.37. The van der Waals surface area contributed by atoms with Gasteiger partial charge in [0, 0.05) is 37.4 Å². The van der Waals surface area contributed by atoms with Crippen LogP contribution < -0.4 is 0 Å². The Morgan fingerprint density at radius 3 is 1.24 bits per heavy atom. The lowest BCUT2D eigenvalue weighted by Gasteiger charge is -2.16.